The van der Waals surface area contributed by atoms with Crippen LogP contribution in [0.5, 0.6) is 0 Å². The van der Waals surface area contributed by atoms with Crippen molar-refractivity contribution >= 4 is 30.6 Å². The Morgan fingerprint density at radius 3 is 2.43 bits per heavy atom. The van der Waals surface area contributed by atoms with Gasteiger partial charge in [-0.05, 0) is 24.1 Å². The quantitative estimate of drug-likeness (QED) is 0.613. The highest BCUT2D eigenvalue weighted by molar-refractivity contribution is 8.26. The van der Waals surface area contributed by atoms with E-state index in [1.165, 1.54) is 0 Å². The van der Waals surface area contributed by atoms with Crippen molar-refractivity contribution in [1.82, 2.24) is 0 Å². The molecule has 1 atom stereocenters. The third kappa shape index (κ3) is 4.31. The van der Waals surface area contributed by atoms with E-state index in [0.29, 0.717) is 5.69 Å². The summed E-state index contributed by atoms with van der Waals surface area (Å²) in [4.78, 5) is 11.8. The molecule has 0 radical (unpaired) electrons. The van der Waals surface area contributed by atoms with Gasteiger partial charge in [0, 0.05) is 10.7 Å². The van der Waals surface area contributed by atoms with Gasteiger partial charge in [0.1, 0.15) is 6.61 Å². The maximum Gasteiger partial charge on any atom is 0.421 e. The van der Waals surface area contributed by atoms with Crippen LogP contribution in [0.25, 0.3) is 0 Å². The molecular weight excluding hydrogens is 310 g/mol. The van der Waals surface area contributed by atoms with Crippen LogP contribution in [0.2, 0.25) is 0 Å². The Labute approximate surface area is 128 Å². The molecule has 0 N–H and O–H groups in total. The van der Waals surface area contributed by atoms with Crippen LogP contribution < -0.4 is 0 Å². The topological polar surface area (TPSA) is 55.7 Å². The standard InChI is InChI=1S/C15H14ClNO3S/c1-12-7-5-6-10-14(12)17-21(16,19)15(18)20-11-13-8-3-2-4-9-13/h2-10H,11H2,1H3. The minimum absolute atomic E-state index is 0.00662. The summed E-state index contributed by atoms with van der Waals surface area (Å²) in [6.07, 6.45) is 0. The molecule has 0 aromatic heterocycles. The highest BCUT2D eigenvalue weighted by Gasteiger charge is 2.20. The summed E-state index contributed by atoms with van der Waals surface area (Å²) in [5, 5.41) is -1.03. The summed E-state index contributed by atoms with van der Waals surface area (Å²) in [5.74, 6) is 0. The number of aryl methyl sites for hydroxylation is 1. The van der Waals surface area contributed by atoms with Crippen molar-refractivity contribution in [2.24, 2.45) is 4.36 Å². The van der Waals surface area contributed by atoms with Crippen LogP contribution in [-0.2, 0) is 20.3 Å². The first kappa shape index (κ1) is 15.5. The molecule has 4 nitrogen and oxygen atoms in total. The van der Waals surface area contributed by atoms with E-state index >= 15 is 0 Å². The average Bonchev–Trinajstić information content (AvgIpc) is 2.48. The van der Waals surface area contributed by atoms with Crippen LogP contribution in [0.1, 0.15) is 11.1 Å². The van der Waals surface area contributed by atoms with Gasteiger partial charge in [0.05, 0.1) is 5.69 Å². The summed E-state index contributed by atoms with van der Waals surface area (Å²) < 4.78 is 20.9. The highest BCUT2D eigenvalue weighted by atomic mass is 35.7. The van der Waals surface area contributed by atoms with Crippen molar-refractivity contribution in [2.75, 3.05) is 0 Å². The number of ether oxygens (including phenoxy) is 1. The molecule has 21 heavy (non-hydrogen) atoms. The number of hydrogen-bond acceptors (Lipinski definition) is 4. The largest absolute Gasteiger partial charge is 0.449 e. The van der Waals surface area contributed by atoms with Gasteiger partial charge >= 0.3 is 5.30 Å². The van der Waals surface area contributed by atoms with Crippen molar-refractivity contribution in [3.8, 4) is 0 Å². The predicted molar refractivity (Wildman–Crippen MR) is 83.9 cm³/mol. The number of nitrogens with zero attached hydrogens (tertiary/aromatic N) is 1. The van der Waals surface area contributed by atoms with Crippen LogP contribution in [0.3, 0.4) is 0 Å². The Morgan fingerprint density at radius 1 is 1.14 bits per heavy atom. The molecule has 0 aliphatic rings. The number of benzene rings is 2. The van der Waals surface area contributed by atoms with Crippen molar-refractivity contribution < 1.29 is 13.7 Å². The molecule has 0 aliphatic heterocycles. The van der Waals surface area contributed by atoms with Gasteiger partial charge in [0.15, 0.2) is 0 Å². The average molecular weight is 324 g/mol. The molecule has 0 aliphatic carbocycles. The Hall–Kier alpha value is -1.85. The molecule has 2 aromatic carbocycles. The SMILES string of the molecule is Cc1ccccc1N=S(=O)(Cl)C(=O)OCc1ccccc1. The summed E-state index contributed by atoms with van der Waals surface area (Å²) in [5.41, 5.74) is 1.98. The van der Waals surface area contributed by atoms with E-state index in [-0.39, 0.29) is 6.61 Å². The monoisotopic (exact) mass is 323 g/mol. The van der Waals surface area contributed by atoms with E-state index < -0.39 is 14.2 Å². The van der Waals surface area contributed by atoms with Crippen LogP contribution in [-0.4, -0.2) is 9.51 Å². The molecule has 0 amide bonds. The van der Waals surface area contributed by atoms with Gasteiger partial charge in [0.25, 0.3) is 0 Å². The van der Waals surface area contributed by atoms with E-state index in [4.69, 9.17) is 15.4 Å². The van der Waals surface area contributed by atoms with Gasteiger partial charge in [-0.25, -0.2) is 9.00 Å². The first-order chi connectivity index (χ1) is 9.99. The van der Waals surface area contributed by atoms with Crippen molar-refractivity contribution in [1.29, 1.82) is 0 Å². The predicted octanol–water partition coefficient (Wildman–Crippen LogP) is 4.59. The number of carbonyl (C=O) groups is 1. The minimum Gasteiger partial charge on any atom is -0.449 e. The zero-order valence-corrected chi connectivity index (χ0v) is 12.9. The van der Waals surface area contributed by atoms with Crippen molar-refractivity contribution in [3.63, 3.8) is 0 Å². The fraction of sp³-hybridized carbons (Fsp3) is 0.133. The summed E-state index contributed by atoms with van der Waals surface area (Å²) >= 11 is 0. The summed E-state index contributed by atoms with van der Waals surface area (Å²) in [7, 11) is 2.13. The molecule has 0 spiro atoms. The molecular formula is C15H14ClNO3S. The smallest absolute Gasteiger partial charge is 0.421 e. The van der Waals surface area contributed by atoms with Gasteiger partial charge < -0.3 is 4.74 Å². The third-order valence-corrected chi connectivity index (χ3v) is 4.28. The van der Waals surface area contributed by atoms with Crippen LogP contribution in [0.4, 0.5) is 10.5 Å². The lowest BCUT2D eigenvalue weighted by atomic mass is 10.2. The van der Waals surface area contributed by atoms with E-state index in [9.17, 15) is 9.00 Å². The molecule has 2 rings (SSSR count). The van der Waals surface area contributed by atoms with Gasteiger partial charge in [-0.15, -0.1) is 0 Å². The van der Waals surface area contributed by atoms with Crippen LogP contribution in [0.15, 0.2) is 59.0 Å². The molecule has 0 saturated heterocycles. The first-order valence-corrected chi connectivity index (χ1v) is 8.56. The molecule has 6 heteroatoms. The number of hydrogen-bond donors (Lipinski definition) is 0. The first-order valence-electron chi connectivity index (χ1n) is 6.22. The van der Waals surface area contributed by atoms with Gasteiger partial charge in [0.2, 0.25) is 8.94 Å². The third-order valence-electron chi connectivity index (χ3n) is 2.74. The fourth-order valence-electron chi connectivity index (χ4n) is 1.62. The Bertz CT molecular complexity index is 753. The van der Waals surface area contributed by atoms with Crippen LogP contribution in [0, 0.1) is 6.92 Å². The number of carbonyl (C=O) groups excluding carboxylic acids is 1. The van der Waals surface area contributed by atoms with E-state index in [1.54, 1.807) is 37.3 Å². The molecule has 2 aromatic rings. The highest BCUT2D eigenvalue weighted by Crippen LogP contribution is 2.22. The van der Waals surface area contributed by atoms with E-state index in [2.05, 4.69) is 4.36 Å². The maximum absolute atomic E-state index is 12.2. The second kappa shape index (κ2) is 6.74. The van der Waals surface area contributed by atoms with Crippen molar-refractivity contribution in [3.05, 3.63) is 65.7 Å². The van der Waals surface area contributed by atoms with Gasteiger partial charge in [-0.1, -0.05) is 48.5 Å². The molecule has 0 heterocycles. The Balaban J connectivity index is 2.14. The van der Waals surface area contributed by atoms with E-state index in [1.807, 2.05) is 24.3 Å². The second-order valence-corrected chi connectivity index (χ2v) is 7.05. The Morgan fingerprint density at radius 2 is 1.76 bits per heavy atom. The van der Waals surface area contributed by atoms with Crippen molar-refractivity contribution in [2.45, 2.75) is 13.5 Å². The normalized spacial score (nSPS) is 13.2. The lowest BCUT2D eigenvalue weighted by Gasteiger charge is -2.05. The molecule has 110 valence electrons. The minimum atomic E-state index is -3.62. The van der Waals surface area contributed by atoms with E-state index in [0.717, 1.165) is 11.1 Å². The fourth-order valence-corrected chi connectivity index (χ4v) is 2.71. The summed E-state index contributed by atoms with van der Waals surface area (Å²) in [6, 6.07) is 16.1. The molecule has 0 fully saturated rings. The van der Waals surface area contributed by atoms with Gasteiger partial charge in [-0.3, -0.25) is 0 Å². The maximum atomic E-state index is 12.2. The molecule has 0 saturated carbocycles. The molecule has 0 bridgehead atoms. The lowest BCUT2D eigenvalue weighted by molar-refractivity contribution is 0.167. The number of rotatable bonds is 3. The Kier molecular flexibility index (Phi) is 4.98. The summed E-state index contributed by atoms with van der Waals surface area (Å²) in [6.45, 7) is 1.80. The zero-order valence-electron chi connectivity index (χ0n) is 11.4. The lowest BCUT2D eigenvalue weighted by Crippen LogP contribution is -2.10. The molecule has 1 unspecified atom stereocenters. The second-order valence-electron chi connectivity index (χ2n) is 4.36. The van der Waals surface area contributed by atoms with Gasteiger partial charge in [-0.2, -0.15) is 4.36 Å². The van der Waals surface area contributed by atoms with Crippen LogP contribution >= 0.6 is 10.7 Å². The zero-order chi connectivity index (χ0) is 15.3. The number of halogens is 1.